The number of alkyl halides is 6. The van der Waals surface area contributed by atoms with Crippen LogP contribution < -0.4 is 0 Å². The molecule has 549 valence electrons. The van der Waals surface area contributed by atoms with Crippen LogP contribution in [0.25, 0.3) is 72.4 Å². The van der Waals surface area contributed by atoms with Crippen molar-refractivity contribution in [2.24, 2.45) is 0 Å². The van der Waals surface area contributed by atoms with Gasteiger partial charge in [0.2, 0.25) is 0 Å². The molecule has 0 unspecified atom stereocenters. The maximum atomic E-state index is 12.7. The first kappa shape index (κ1) is 87.3. The zero-order chi connectivity index (χ0) is 75.5. The number of carboxylic acids is 3. The van der Waals surface area contributed by atoms with Crippen LogP contribution in [0.5, 0.6) is 0 Å². The third-order valence-corrected chi connectivity index (χ3v) is 13.7. The van der Waals surface area contributed by atoms with E-state index in [0.717, 1.165) is 58.0 Å². The molecule has 3 N–H and O–H groups in total. The van der Waals surface area contributed by atoms with Crippen LogP contribution in [0.15, 0.2) is 219 Å². The van der Waals surface area contributed by atoms with E-state index in [1.54, 1.807) is 122 Å². The number of aromatic nitrogens is 9. The van der Waals surface area contributed by atoms with Crippen molar-refractivity contribution >= 4 is 35.5 Å². The average molecular weight is 1980 g/mol. The number of nitrogens with zero attached hydrogens (tertiary/aromatic N) is 11. The molecule has 0 aliphatic rings. The van der Waals surface area contributed by atoms with Crippen molar-refractivity contribution < 1.29 is 135 Å². The fourth-order valence-electron chi connectivity index (χ4n) is 8.69. The Bertz CT molecular complexity index is 4900. The van der Waals surface area contributed by atoms with E-state index in [1.807, 2.05) is 32.0 Å². The molecule has 0 spiro atoms. The molecule has 6 heterocycles. The minimum atomic E-state index is -4.50. The molecule has 0 aliphatic heterocycles. The molecule has 0 fully saturated rings. The molecule has 0 amide bonds. The summed E-state index contributed by atoms with van der Waals surface area (Å²) < 4.78 is 85.8. The van der Waals surface area contributed by atoms with Crippen LogP contribution >= 0.6 is 0 Å². The van der Waals surface area contributed by atoms with Gasteiger partial charge >= 0.3 is 36.2 Å². The number of pyridine rings is 3. The average Bonchev–Trinajstić information content (AvgIpc) is 0.810. The SMILES string of the molecule is COC(=O)c1c[c-]c(-c2ncc(C)nc2-c2ccc(C(=O)OC)cc2)cc1.Cc1cnc(-c2[c-]cc(C(F)(F)F)cc2)c(-c2ccc(C(F)(F)F)cc2)n1.O=C(O)c1ccccn1.O=C(O)c1ccccn1.O=C(O)c1ccccn1.[C-]#[N+]c1ccc(-c2nc(C)cnc2-c2[c-]cc(C#N)cc2)cc1.[Ir].[Ir].[Ir]. The summed E-state index contributed by atoms with van der Waals surface area (Å²) >= 11 is 0. The van der Waals surface area contributed by atoms with E-state index in [2.05, 4.69) is 74.0 Å². The van der Waals surface area contributed by atoms with Crippen molar-refractivity contribution in [2.45, 2.75) is 33.1 Å². The van der Waals surface area contributed by atoms with Crippen molar-refractivity contribution in [3.05, 3.63) is 311 Å². The summed E-state index contributed by atoms with van der Waals surface area (Å²) in [6.45, 7) is 12.4. The third-order valence-electron chi connectivity index (χ3n) is 13.7. The predicted molar refractivity (Wildman–Crippen MR) is 367 cm³/mol. The Morgan fingerprint density at radius 2 is 0.766 bits per heavy atom. The number of hydrogen-bond acceptors (Lipinski definition) is 17. The molecule has 0 bridgehead atoms. The normalized spacial score (nSPS) is 10.1. The number of aromatic carboxylic acids is 3. The number of rotatable bonds is 11. The van der Waals surface area contributed by atoms with Crippen LogP contribution in [0, 0.1) is 56.9 Å². The molecule has 30 heteroatoms. The summed E-state index contributed by atoms with van der Waals surface area (Å²) in [4.78, 5) is 94.4. The summed E-state index contributed by atoms with van der Waals surface area (Å²) in [6, 6.07) is 56.6. The van der Waals surface area contributed by atoms with E-state index in [1.165, 1.54) is 75.4 Å². The van der Waals surface area contributed by atoms with Crippen LogP contribution in [-0.4, -0.2) is 104 Å². The van der Waals surface area contributed by atoms with E-state index < -0.39 is 53.3 Å². The first-order valence-corrected chi connectivity index (χ1v) is 30.1. The van der Waals surface area contributed by atoms with Crippen LogP contribution in [0.2, 0.25) is 0 Å². The van der Waals surface area contributed by atoms with Gasteiger partial charge < -0.3 is 39.7 Å². The largest absolute Gasteiger partial charge is 0.477 e. The van der Waals surface area contributed by atoms with Gasteiger partial charge in [-0.1, -0.05) is 66.7 Å². The first-order valence-electron chi connectivity index (χ1n) is 30.1. The van der Waals surface area contributed by atoms with Crippen molar-refractivity contribution in [3.8, 4) is 73.6 Å². The fraction of sp³-hybridized carbons (Fsp3) is 0.0909. The molecule has 0 aliphatic carbocycles. The number of carbonyl (C=O) groups is 5. The maximum Gasteiger partial charge on any atom is 0.416 e. The van der Waals surface area contributed by atoms with Gasteiger partial charge in [-0.05, 0) is 115 Å². The smallest absolute Gasteiger partial charge is 0.416 e. The molecular weight excluding hydrogens is 1930 g/mol. The number of hydrogen-bond donors (Lipinski definition) is 3. The topological polar surface area (TPSA) is 309 Å². The summed E-state index contributed by atoms with van der Waals surface area (Å²) in [7, 11) is 2.67. The fourth-order valence-corrected chi connectivity index (χ4v) is 8.69. The molecule has 0 saturated carbocycles. The van der Waals surface area contributed by atoms with Crippen molar-refractivity contribution in [1.29, 1.82) is 5.26 Å². The van der Waals surface area contributed by atoms with Gasteiger partial charge in [-0.3, -0.25) is 19.7 Å². The number of halogens is 6. The molecule has 12 aromatic rings. The standard InChI is InChI=1S/C21H17N2O4.C19H11F6N2.C19H11N4.3C6H5NO2.3Ir/c1-13-12-22-18(14-4-8-16(9-5-14)20(24)26-2)19(23-13)15-6-10-17(11-7-15)21(25)27-3;1-11-10-26-16(12-2-6-14(7-3-12)18(20,21)22)17(27-11)13-4-8-15(9-5-13)19(23,24)25;1-13-12-22-18(15-5-3-14(11-20)4-6-15)19(23-13)16-7-9-17(21-2)10-8-16;3*8-6(9)5-3-1-2-4-7-5;;;/h4,6-12H,1-3H3;2,4-10H,1H3;3-5,7-10,12H,1H3;3*1-4H,(H,8,9);;;/q3*-1;;;;;;. The Hall–Kier alpha value is -12.1. The van der Waals surface area contributed by atoms with Gasteiger partial charge in [-0.15, -0.1) is 89.5 Å². The van der Waals surface area contributed by atoms with E-state index in [0.29, 0.717) is 56.3 Å². The molecule has 12 rings (SSSR count). The molecule has 3 radical (unpaired) electrons. The number of aryl methyl sites for hydroxylation is 3. The van der Waals surface area contributed by atoms with E-state index in [4.69, 9.17) is 36.6 Å². The van der Waals surface area contributed by atoms with Gasteiger partial charge in [0.25, 0.3) is 5.97 Å². The Labute approximate surface area is 648 Å². The molecule has 107 heavy (non-hydrogen) atoms. The summed E-state index contributed by atoms with van der Waals surface area (Å²) in [5, 5.41) is 33.9. The quantitative estimate of drug-likeness (QED) is 0.0615. The molecule has 0 saturated heterocycles. The minimum absolute atomic E-state index is 0. The number of carboxylic acid groups (broad SMARTS) is 3. The summed E-state index contributed by atoms with van der Waals surface area (Å²) in [5.74, 6) is -3.79. The number of ether oxygens (including phenoxy) is 2. The predicted octanol–water partition coefficient (Wildman–Crippen LogP) is 16.1. The Morgan fingerprint density at radius 1 is 0.430 bits per heavy atom. The van der Waals surface area contributed by atoms with Gasteiger partial charge in [-0.2, -0.15) is 26.3 Å². The number of nitriles is 1. The van der Waals surface area contributed by atoms with Crippen molar-refractivity contribution in [1.82, 2.24) is 44.9 Å². The second-order valence-electron chi connectivity index (χ2n) is 21.1. The van der Waals surface area contributed by atoms with Gasteiger partial charge in [0.1, 0.15) is 17.1 Å². The van der Waals surface area contributed by atoms with Crippen LogP contribution in [0.3, 0.4) is 0 Å². The van der Waals surface area contributed by atoms with Crippen LogP contribution in [-0.2, 0) is 82.1 Å². The third kappa shape index (κ3) is 25.9. The first-order chi connectivity index (χ1) is 49.7. The van der Waals surface area contributed by atoms with Gasteiger partial charge in [-0.25, -0.2) is 44.2 Å². The number of methoxy groups -OCH3 is 2. The van der Waals surface area contributed by atoms with E-state index >= 15 is 0 Å². The zero-order valence-electron chi connectivity index (χ0n) is 56.2. The summed E-state index contributed by atoms with van der Waals surface area (Å²) in [6.07, 6.45) is 0.179. The molecule has 6 aromatic carbocycles. The second kappa shape index (κ2) is 42.0. The summed E-state index contributed by atoms with van der Waals surface area (Å²) in [5.41, 5.74) is 9.67. The number of benzene rings is 6. The molecule has 0 atom stereocenters. The van der Waals surface area contributed by atoms with Gasteiger partial charge in [0.15, 0.2) is 5.69 Å². The minimum Gasteiger partial charge on any atom is -0.477 e. The molecule has 21 nitrogen and oxygen atoms in total. The Balaban J connectivity index is 0.000000286. The molecular formula is C77H54F6Ir3N11O10-3. The number of esters is 2. The Morgan fingerprint density at radius 3 is 1.06 bits per heavy atom. The van der Waals surface area contributed by atoms with Crippen molar-refractivity contribution in [3.63, 3.8) is 0 Å². The van der Waals surface area contributed by atoms with Gasteiger partial charge in [0, 0.05) is 121 Å². The van der Waals surface area contributed by atoms with Gasteiger partial charge in [0.05, 0.1) is 66.1 Å². The Kier molecular flexibility index (Phi) is 34.2. The second-order valence-corrected chi connectivity index (χ2v) is 21.1. The van der Waals surface area contributed by atoms with Crippen molar-refractivity contribution in [2.75, 3.05) is 14.2 Å². The van der Waals surface area contributed by atoms with E-state index in [-0.39, 0.29) is 94.3 Å². The number of carbonyl (C=O) groups excluding carboxylic acids is 2. The van der Waals surface area contributed by atoms with Crippen LogP contribution in [0.4, 0.5) is 32.0 Å². The molecule has 6 aromatic heterocycles. The zero-order valence-corrected chi connectivity index (χ0v) is 63.4. The maximum absolute atomic E-state index is 12.7. The van der Waals surface area contributed by atoms with E-state index in [9.17, 15) is 50.3 Å². The van der Waals surface area contributed by atoms with Crippen LogP contribution in [0.1, 0.15) is 86.0 Å². The monoisotopic (exact) mass is 1990 g/mol.